The monoisotopic (exact) mass is 366 g/mol. The van der Waals surface area contributed by atoms with Crippen LogP contribution in [0.4, 0.5) is 5.69 Å². The van der Waals surface area contributed by atoms with Gasteiger partial charge in [-0.2, -0.15) is 0 Å². The molecule has 2 amide bonds. The average Bonchev–Trinajstić information content (AvgIpc) is 3.43. The third-order valence-corrected chi connectivity index (χ3v) is 5.49. The van der Waals surface area contributed by atoms with E-state index in [9.17, 15) is 9.59 Å². The molecule has 26 heavy (non-hydrogen) atoms. The number of benzene rings is 1. The van der Waals surface area contributed by atoms with E-state index in [1.54, 1.807) is 47.7 Å². The standard InChI is InChI=1S/C20H18N2O3S/c23-19(17-5-2-12-25-17)21-15-9-7-14(8-10-15)20(24)22-11-1-4-16(22)18-6-3-13-26-18/h2-3,5-10,12-13,16H,1,4,11H2,(H,21,23). The van der Waals surface area contributed by atoms with Crippen molar-refractivity contribution in [3.63, 3.8) is 0 Å². The SMILES string of the molecule is O=C(Nc1ccc(C(=O)N2CCCC2c2cccs2)cc1)c1ccco1. The van der Waals surface area contributed by atoms with Gasteiger partial charge in [-0.3, -0.25) is 9.59 Å². The lowest BCUT2D eigenvalue weighted by Gasteiger charge is -2.24. The largest absolute Gasteiger partial charge is 0.459 e. The summed E-state index contributed by atoms with van der Waals surface area (Å²) in [5, 5.41) is 4.80. The van der Waals surface area contributed by atoms with Gasteiger partial charge in [0, 0.05) is 22.7 Å². The highest BCUT2D eigenvalue weighted by atomic mass is 32.1. The summed E-state index contributed by atoms with van der Waals surface area (Å²) in [6.07, 6.45) is 3.48. The van der Waals surface area contributed by atoms with Crippen molar-refractivity contribution in [1.82, 2.24) is 4.90 Å². The summed E-state index contributed by atoms with van der Waals surface area (Å²) in [5.41, 5.74) is 1.25. The van der Waals surface area contributed by atoms with Gasteiger partial charge in [-0.15, -0.1) is 11.3 Å². The van der Waals surface area contributed by atoms with Crippen molar-refractivity contribution < 1.29 is 14.0 Å². The van der Waals surface area contributed by atoms with E-state index in [2.05, 4.69) is 11.4 Å². The summed E-state index contributed by atoms with van der Waals surface area (Å²) in [4.78, 5) is 28.1. The number of hydrogen-bond acceptors (Lipinski definition) is 4. The first-order valence-corrected chi connectivity index (χ1v) is 9.39. The Morgan fingerprint density at radius 3 is 2.65 bits per heavy atom. The fourth-order valence-electron chi connectivity index (χ4n) is 3.25. The van der Waals surface area contributed by atoms with Gasteiger partial charge in [0.2, 0.25) is 0 Å². The Hall–Kier alpha value is -2.86. The zero-order valence-corrected chi connectivity index (χ0v) is 14.9. The van der Waals surface area contributed by atoms with E-state index in [0.717, 1.165) is 19.4 Å². The van der Waals surface area contributed by atoms with Crippen molar-refractivity contribution in [2.24, 2.45) is 0 Å². The minimum absolute atomic E-state index is 0.0322. The molecule has 3 aromatic rings. The predicted octanol–water partition coefficient (Wildman–Crippen LogP) is 4.57. The Balaban J connectivity index is 1.46. The first-order chi connectivity index (χ1) is 12.7. The van der Waals surface area contributed by atoms with Gasteiger partial charge in [-0.25, -0.2) is 0 Å². The van der Waals surface area contributed by atoms with Gasteiger partial charge in [-0.1, -0.05) is 6.07 Å². The van der Waals surface area contributed by atoms with E-state index >= 15 is 0 Å². The molecule has 132 valence electrons. The van der Waals surface area contributed by atoms with Crippen LogP contribution < -0.4 is 5.32 Å². The molecule has 1 unspecified atom stereocenters. The number of hydrogen-bond donors (Lipinski definition) is 1. The lowest BCUT2D eigenvalue weighted by molar-refractivity contribution is 0.0738. The Bertz CT molecular complexity index is 886. The number of carbonyl (C=O) groups excluding carboxylic acids is 2. The van der Waals surface area contributed by atoms with Crippen LogP contribution >= 0.6 is 11.3 Å². The highest BCUT2D eigenvalue weighted by Crippen LogP contribution is 2.35. The van der Waals surface area contributed by atoms with Gasteiger partial charge >= 0.3 is 0 Å². The molecule has 1 atom stereocenters. The molecule has 1 saturated heterocycles. The summed E-state index contributed by atoms with van der Waals surface area (Å²) in [6, 6.07) is 14.5. The van der Waals surface area contributed by atoms with E-state index in [1.807, 2.05) is 16.3 Å². The number of rotatable bonds is 4. The first kappa shape index (κ1) is 16.6. The zero-order chi connectivity index (χ0) is 17.9. The number of carbonyl (C=O) groups is 2. The molecular weight excluding hydrogens is 348 g/mol. The third-order valence-electron chi connectivity index (χ3n) is 4.52. The summed E-state index contributed by atoms with van der Waals surface area (Å²) < 4.78 is 5.07. The van der Waals surface area contributed by atoms with Crippen LogP contribution in [0.15, 0.2) is 64.6 Å². The Morgan fingerprint density at radius 2 is 1.96 bits per heavy atom. The Labute approximate surface area is 155 Å². The first-order valence-electron chi connectivity index (χ1n) is 8.51. The second-order valence-corrected chi connectivity index (χ2v) is 7.16. The summed E-state index contributed by atoms with van der Waals surface area (Å²) in [6.45, 7) is 0.776. The van der Waals surface area contributed by atoms with Crippen molar-refractivity contribution in [3.05, 3.63) is 76.4 Å². The van der Waals surface area contributed by atoms with Crippen molar-refractivity contribution >= 4 is 28.8 Å². The lowest BCUT2D eigenvalue weighted by atomic mass is 10.1. The van der Waals surface area contributed by atoms with Crippen LogP contribution in [0.2, 0.25) is 0 Å². The van der Waals surface area contributed by atoms with Gasteiger partial charge in [-0.05, 0) is 60.7 Å². The van der Waals surface area contributed by atoms with Gasteiger partial charge in [0.15, 0.2) is 5.76 Å². The maximum Gasteiger partial charge on any atom is 0.291 e. The molecule has 1 aromatic carbocycles. The van der Waals surface area contributed by atoms with Crippen molar-refractivity contribution in [2.75, 3.05) is 11.9 Å². The van der Waals surface area contributed by atoms with Crippen molar-refractivity contribution in [1.29, 1.82) is 0 Å². The number of amides is 2. The van der Waals surface area contributed by atoms with Gasteiger partial charge < -0.3 is 14.6 Å². The fraction of sp³-hybridized carbons (Fsp3) is 0.200. The normalized spacial score (nSPS) is 16.6. The van der Waals surface area contributed by atoms with Crippen LogP contribution in [0, 0.1) is 0 Å². The van der Waals surface area contributed by atoms with Crippen LogP contribution in [0.25, 0.3) is 0 Å². The van der Waals surface area contributed by atoms with E-state index in [1.165, 1.54) is 11.1 Å². The smallest absolute Gasteiger partial charge is 0.291 e. The number of nitrogens with one attached hydrogen (secondary N) is 1. The Morgan fingerprint density at radius 1 is 1.12 bits per heavy atom. The molecule has 1 fully saturated rings. The highest BCUT2D eigenvalue weighted by Gasteiger charge is 2.31. The van der Waals surface area contributed by atoms with Gasteiger partial charge in [0.1, 0.15) is 0 Å². The van der Waals surface area contributed by atoms with Crippen LogP contribution in [0.1, 0.15) is 44.7 Å². The number of furan rings is 1. The van der Waals surface area contributed by atoms with Crippen molar-refractivity contribution in [2.45, 2.75) is 18.9 Å². The fourth-order valence-corrected chi connectivity index (χ4v) is 4.12. The molecule has 2 aromatic heterocycles. The van der Waals surface area contributed by atoms with Crippen molar-refractivity contribution in [3.8, 4) is 0 Å². The minimum Gasteiger partial charge on any atom is -0.459 e. The average molecular weight is 366 g/mol. The van der Waals surface area contributed by atoms with E-state index in [0.29, 0.717) is 11.3 Å². The number of thiophene rings is 1. The van der Waals surface area contributed by atoms with Gasteiger partial charge in [0.05, 0.1) is 12.3 Å². The quantitative estimate of drug-likeness (QED) is 0.736. The minimum atomic E-state index is -0.314. The van der Waals surface area contributed by atoms with E-state index < -0.39 is 0 Å². The molecular formula is C20H18N2O3S. The molecule has 1 N–H and O–H groups in total. The molecule has 0 saturated carbocycles. The molecule has 5 nitrogen and oxygen atoms in total. The van der Waals surface area contributed by atoms with Crippen LogP contribution in [0.3, 0.4) is 0 Å². The zero-order valence-electron chi connectivity index (χ0n) is 14.1. The molecule has 6 heteroatoms. The molecule has 4 rings (SSSR count). The van der Waals surface area contributed by atoms with Gasteiger partial charge in [0.25, 0.3) is 11.8 Å². The summed E-state index contributed by atoms with van der Waals surface area (Å²) in [5.74, 6) is -0.0304. The molecule has 1 aliphatic rings. The van der Waals surface area contributed by atoms with E-state index in [4.69, 9.17) is 4.42 Å². The van der Waals surface area contributed by atoms with Crippen LogP contribution in [-0.2, 0) is 0 Å². The second-order valence-electron chi connectivity index (χ2n) is 6.18. The molecule has 1 aliphatic heterocycles. The molecule has 3 heterocycles. The lowest BCUT2D eigenvalue weighted by Crippen LogP contribution is -2.30. The number of nitrogens with zero attached hydrogens (tertiary/aromatic N) is 1. The number of likely N-dealkylation sites (tertiary alicyclic amines) is 1. The molecule has 0 radical (unpaired) electrons. The number of anilines is 1. The maximum atomic E-state index is 12.9. The maximum absolute atomic E-state index is 12.9. The van der Waals surface area contributed by atoms with E-state index in [-0.39, 0.29) is 23.6 Å². The molecule has 0 spiro atoms. The second kappa shape index (κ2) is 7.17. The van der Waals surface area contributed by atoms with Crippen LogP contribution in [0.5, 0.6) is 0 Å². The Kier molecular flexibility index (Phi) is 4.58. The predicted molar refractivity (Wildman–Crippen MR) is 100 cm³/mol. The third kappa shape index (κ3) is 3.28. The highest BCUT2D eigenvalue weighted by molar-refractivity contribution is 7.10. The summed E-state index contributed by atoms with van der Waals surface area (Å²) in [7, 11) is 0. The van der Waals surface area contributed by atoms with Crippen LogP contribution in [-0.4, -0.2) is 23.3 Å². The molecule has 0 bridgehead atoms. The topological polar surface area (TPSA) is 62.6 Å². The molecule has 0 aliphatic carbocycles. The summed E-state index contributed by atoms with van der Waals surface area (Å²) >= 11 is 1.69.